The Morgan fingerprint density at radius 1 is 0.822 bits per heavy atom. The van der Waals surface area contributed by atoms with Gasteiger partial charge in [0.1, 0.15) is 35.1 Å². The van der Waals surface area contributed by atoms with E-state index < -0.39 is 71.6 Å². The van der Waals surface area contributed by atoms with Crippen LogP contribution >= 0.6 is 0 Å². The third kappa shape index (κ3) is 12.1. The quantitative estimate of drug-likeness (QED) is 0.259. The van der Waals surface area contributed by atoms with E-state index in [0.29, 0.717) is 5.56 Å². The minimum absolute atomic E-state index is 0.0748. The summed E-state index contributed by atoms with van der Waals surface area (Å²) in [6.07, 6.45) is -1.42. The third-order valence-corrected chi connectivity index (χ3v) is 6.23. The van der Waals surface area contributed by atoms with Crippen LogP contribution in [0.25, 0.3) is 0 Å². The number of carbonyl (C=O) groups is 5. The number of hydrogen-bond acceptors (Lipinski definition) is 8. The minimum atomic E-state index is -1.47. The summed E-state index contributed by atoms with van der Waals surface area (Å²) < 4.78 is 10.9. The lowest BCUT2D eigenvalue weighted by atomic mass is 9.99. The number of nitrogens with zero attached hydrogens (tertiary/aromatic N) is 1. The van der Waals surface area contributed by atoms with Gasteiger partial charge in [0.25, 0.3) is 0 Å². The van der Waals surface area contributed by atoms with E-state index in [1.165, 1.54) is 29.2 Å². The molecule has 0 radical (unpaired) electrons. The lowest BCUT2D eigenvalue weighted by Gasteiger charge is -2.37. The predicted octanol–water partition coefficient (Wildman–Crippen LogP) is 3.51. The van der Waals surface area contributed by atoms with E-state index in [1.54, 1.807) is 67.5 Å². The highest BCUT2D eigenvalue weighted by Gasteiger charge is 2.40. The minimum Gasteiger partial charge on any atom is -0.508 e. The van der Waals surface area contributed by atoms with Gasteiger partial charge in [0.15, 0.2) is 0 Å². The molecule has 2 aromatic rings. The first-order valence-electron chi connectivity index (χ1n) is 14.7. The van der Waals surface area contributed by atoms with Crippen molar-refractivity contribution in [2.24, 2.45) is 5.73 Å². The molecule has 3 unspecified atom stereocenters. The molecule has 0 heterocycles. The van der Waals surface area contributed by atoms with Crippen molar-refractivity contribution in [3.8, 4) is 5.75 Å². The molecule has 45 heavy (non-hydrogen) atoms. The van der Waals surface area contributed by atoms with Gasteiger partial charge in [0.05, 0.1) is 6.42 Å². The maximum absolute atomic E-state index is 14.2. The van der Waals surface area contributed by atoms with Gasteiger partial charge in [0, 0.05) is 12.5 Å². The Kier molecular flexibility index (Phi) is 12.5. The van der Waals surface area contributed by atoms with Crippen LogP contribution in [0.3, 0.4) is 0 Å². The van der Waals surface area contributed by atoms with Gasteiger partial charge < -0.3 is 35.8 Å². The lowest BCUT2D eigenvalue weighted by molar-refractivity contribution is -0.159. The number of phenols is 1. The molecule has 12 nitrogen and oxygen atoms in total. The average molecular weight is 627 g/mol. The Balaban J connectivity index is 2.59. The molecule has 4 amide bonds. The molecular formula is C33H46N4O8. The highest BCUT2D eigenvalue weighted by atomic mass is 16.6. The van der Waals surface area contributed by atoms with E-state index >= 15 is 0 Å². The molecule has 2 rings (SSSR count). The van der Waals surface area contributed by atoms with Gasteiger partial charge in [-0.05, 0) is 78.6 Å². The zero-order chi connectivity index (χ0) is 34.1. The Hall–Kier alpha value is -4.61. The van der Waals surface area contributed by atoms with Gasteiger partial charge >= 0.3 is 12.1 Å². The number of hydrogen-bond donors (Lipinski definition) is 4. The fraction of sp³-hybridized carbons (Fsp3) is 0.485. The summed E-state index contributed by atoms with van der Waals surface area (Å²) in [6.45, 7) is 13.4. The van der Waals surface area contributed by atoms with Crippen LogP contribution in [0.2, 0.25) is 0 Å². The molecule has 246 valence electrons. The number of nitrogens with two attached hydrogens (primary N) is 1. The molecule has 2 aromatic carbocycles. The molecule has 0 aromatic heterocycles. The molecule has 0 bridgehead atoms. The molecule has 0 saturated heterocycles. The summed E-state index contributed by atoms with van der Waals surface area (Å²) in [7, 11) is 0. The van der Waals surface area contributed by atoms with E-state index in [2.05, 4.69) is 10.6 Å². The van der Waals surface area contributed by atoms with Crippen molar-refractivity contribution in [3.05, 3.63) is 65.7 Å². The van der Waals surface area contributed by atoms with E-state index in [4.69, 9.17) is 15.2 Å². The number of primary amides is 1. The van der Waals surface area contributed by atoms with Crippen LogP contribution in [0, 0.1) is 0 Å². The SMILES string of the molecule is CC(C)N(C(=O)C(CC(N)=O)NC(=O)OC(C)(C)C)C(C(=O)NC(Cc1ccccc1)C(=O)OC(C)(C)C)c1ccc(O)cc1. The number of amides is 4. The summed E-state index contributed by atoms with van der Waals surface area (Å²) in [5, 5.41) is 15.1. The van der Waals surface area contributed by atoms with Crippen molar-refractivity contribution in [2.75, 3.05) is 0 Å². The van der Waals surface area contributed by atoms with Crippen molar-refractivity contribution in [1.29, 1.82) is 0 Å². The number of aromatic hydroxyl groups is 1. The number of alkyl carbamates (subject to hydrolysis) is 1. The number of phenolic OH excluding ortho intramolecular Hbond substituents is 1. The highest BCUT2D eigenvalue weighted by molar-refractivity contribution is 5.95. The molecule has 0 aliphatic carbocycles. The smallest absolute Gasteiger partial charge is 0.408 e. The molecule has 0 spiro atoms. The molecule has 12 heteroatoms. The van der Waals surface area contributed by atoms with Crippen molar-refractivity contribution in [3.63, 3.8) is 0 Å². The van der Waals surface area contributed by atoms with Crippen LogP contribution in [0.5, 0.6) is 5.75 Å². The van der Waals surface area contributed by atoms with Crippen LogP contribution in [0.4, 0.5) is 4.79 Å². The number of rotatable bonds is 12. The fourth-order valence-corrected chi connectivity index (χ4v) is 4.47. The summed E-state index contributed by atoms with van der Waals surface area (Å²) >= 11 is 0. The van der Waals surface area contributed by atoms with E-state index in [-0.39, 0.29) is 12.2 Å². The van der Waals surface area contributed by atoms with Crippen LogP contribution in [-0.2, 0) is 35.1 Å². The molecule has 3 atom stereocenters. The van der Waals surface area contributed by atoms with Gasteiger partial charge in [-0.1, -0.05) is 42.5 Å². The maximum Gasteiger partial charge on any atom is 0.408 e. The van der Waals surface area contributed by atoms with Crippen LogP contribution in [0.1, 0.15) is 79.0 Å². The maximum atomic E-state index is 14.2. The molecule has 5 N–H and O–H groups in total. The molecule has 0 aliphatic heterocycles. The van der Waals surface area contributed by atoms with Gasteiger partial charge in [-0.15, -0.1) is 0 Å². The van der Waals surface area contributed by atoms with E-state index in [9.17, 15) is 29.1 Å². The summed E-state index contributed by atoms with van der Waals surface area (Å²) in [6, 6.07) is 10.1. The van der Waals surface area contributed by atoms with Crippen LogP contribution in [0.15, 0.2) is 54.6 Å². The summed E-state index contributed by atoms with van der Waals surface area (Å²) in [5.41, 5.74) is 4.75. The number of nitrogens with one attached hydrogen (secondary N) is 2. The number of ether oxygens (including phenoxy) is 2. The topological polar surface area (TPSA) is 177 Å². The Bertz CT molecular complexity index is 1330. The van der Waals surface area contributed by atoms with Gasteiger partial charge in [-0.2, -0.15) is 0 Å². The van der Waals surface area contributed by atoms with Crippen molar-refractivity contribution < 1.29 is 38.6 Å². The first kappa shape index (κ1) is 36.6. The van der Waals surface area contributed by atoms with E-state index in [0.717, 1.165) is 5.56 Å². The molecule has 0 aliphatic rings. The van der Waals surface area contributed by atoms with E-state index in [1.807, 2.05) is 18.2 Å². The van der Waals surface area contributed by atoms with Crippen molar-refractivity contribution >= 4 is 29.8 Å². The summed E-state index contributed by atoms with van der Waals surface area (Å²) in [5.74, 6) is -3.14. The monoisotopic (exact) mass is 626 g/mol. The number of esters is 1. The largest absolute Gasteiger partial charge is 0.508 e. The Morgan fingerprint density at radius 3 is 1.87 bits per heavy atom. The first-order chi connectivity index (χ1) is 20.8. The van der Waals surface area contributed by atoms with Crippen molar-refractivity contribution in [2.45, 2.75) is 104 Å². The number of carbonyl (C=O) groups excluding carboxylic acids is 5. The lowest BCUT2D eigenvalue weighted by Crippen LogP contribution is -2.57. The Labute approximate surface area is 264 Å². The zero-order valence-electron chi connectivity index (χ0n) is 27.2. The van der Waals surface area contributed by atoms with Gasteiger partial charge in [-0.25, -0.2) is 9.59 Å². The third-order valence-electron chi connectivity index (χ3n) is 6.23. The fourth-order valence-electron chi connectivity index (χ4n) is 4.47. The molecular weight excluding hydrogens is 580 g/mol. The van der Waals surface area contributed by atoms with Gasteiger partial charge in [-0.3, -0.25) is 14.4 Å². The standard InChI is InChI=1S/C33H46N4O8/c1-20(2)37(29(41)24(19-26(34)39)36-31(43)45-33(6,7)8)27(22-14-16-23(38)17-15-22)28(40)35-25(30(42)44-32(3,4)5)18-21-12-10-9-11-13-21/h9-17,20,24-25,27,38H,18-19H2,1-8H3,(H2,34,39)(H,35,40)(H,36,43). The second-order valence-corrected chi connectivity index (χ2v) is 13.0. The van der Waals surface area contributed by atoms with Crippen LogP contribution < -0.4 is 16.4 Å². The predicted molar refractivity (Wildman–Crippen MR) is 168 cm³/mol. The van der Waals surface area contributed by atoms with Crippen molar-refractivity contribution in [1.82, 2.24) is 15.5 Å². The highest BCUT2D eigenvalue weighted by Crippen LogP contribution is 2.27. The average Bonchev–Trinajstić information content (AvgIpc) is 2.89. The first-order valence-corrected chi connectivity index (χ1v) is 14.7. The number of benzene rings is 2. The molecule has 0 fully saturated rings. The Morgan fingerprint density at radius 2 is 1.38 bits per heavy atom. The normalized spacial score (nSPS) is 13.6. The van der Waals surface area contributed by atoms with Gasteiger partial charge in [0.2, 0.25) is 17.7 Å². The second kappa shape index (κ2) is 15.4. The zero-order valence-corrected chi connectivity index (χ0v) is 27.2. The molecule has 0 saturated carbocycles. The summed E-state index contributed by atoms with van der Waals surface area (Å²) in [4.78, 5) is 67.5. The second-order valence-electron chi connectivity index (χ2n) is 13.0. The van der Waals surface area contributed by atoms with Crippen LogP contribution in [-0.4, -0.2) is 69.1 Å².